The van der Waals surface area contributed by atoms with E-state index in [1.807, 2.05) is 26.8 Å². The van der Waals surface area contributed by atoms with Gasteiger partial charge in [0.2, 0.25) is 5.91 Å². The zero-order chi connectivity index (χ0) is 27.3. The number of sulfonamides is 1. The molecule has 0 aromatic heterocycles. The van der Waals surface area contributed by atoms with Gasteiger partial charge in [0.15, 0.2) is 0 Å². The smallest absolute Gasteiger partial charge is 0.264 e. The summed E-state index contributed by atoms with van der Waals surface area (Å²) in [6, 6.07) is 18.6. The van der Waals surface area contributed by atoms with E-state index in [-0.39, 0.29) is 22.5 Å². The molecule has 9 heteroatoms. The van der Waals surface area contributed by atoms with Crippen molar-refractivity contribution in [2.45, 2.75) is 44.6 Å². The molecule has 1 heterocycles. The summed E-state index contributed by atoms with van der Waals surface area (Å²) in [4.78, 5) is 26.2. The number of amides is 2. The molecule has 0 saturated carbocycles. The monoisotopic (exact) mass is 535 g/mol. The molecule has 2 N–H and O–H groups in total. The van der Waals surface area contributed by atoms with Crippen molar-refractivity contribution in [1.82, 2.24) is 5.32 Å². The molecule has 0 spiro atoms. The number of nitrogens with zero attached hydrogens (tertiary/aromatic N) is 1. The van der Waals surface area contributed by atoms with Gasteiger partial charge in [-0.3, -0.25) is 13.9 Å². The molecule has 0 unspecified atom stereocenters. The number of rotatable bonds is 9. The van der Waals surface area contributed by atoms with E-state index in [0.29, 0.717) is 24.5 Å². The Kier molecular flexibility index (Phi) is 8.48. The van der Waals surface area contributed by atoms with Gasteiger partial charge in [-0.25, -0.2) is 8.42 Å². The van der Waals surface area contributed by atoms with Crippen molar-refractivity contribution in [3.05, 3.63) is 89.0 Å². The van der Waals surface area contributed by atoms with Crippen LogP contribution in [0.1, 0.15) is 39.9 Å². The second-order valence-corrected chi connectivity index (χ2v) is 11.5. The predicted octanol–water partition coefficient (Wildman–Crippen LogP) is 4.35. The summed E-state index contributed by atoms with van der Waals surface area (Å²) < 4.78 is 34.1. The lowest BCUT2D eigenvalue weighted by Crippen LogP contribution is -2.38. The van der Waals surface area contributed by atoms with Crippen LogP contribution in [0.2, 0.25) is 0 Å². The van der Waals surface area contributed by atoms with Crippen LogP contribution in [0.15, 0.2) is 71.6 Å². The van der Waals surface area contributed by atoms with Crippen LogP contribution in [0.5, 0.6) is 0 Å². The Morgan fingerprint density at radius 2 is 1.63 bits per heavy atom. The van der Waals surface area contributed by atoms with Gasteiger partial charge in [0.1, 0.15) is 6.54 Å². The van der Waals surface area contributed by atoms with Gasteiger partial charge in [-0.05, 0) is 81.1 Å². The molecule has 1 fully saturated rings. The minimum Gasteiger partial charge on any atom is -0.376 e. The Bertz CT molecular complexity index is 1390. The standard InChI is InChI=1S/C29H33N3O5S/c1-20-10-12-25(13-11-20)38(35,36)32(23-16-21(2)15-22(3)17-23)19-28(33)31-27-9-5-4-8-26(27)29(34)30-18-24-7-6-14-37-24/h4-5,8-13,15-17,24H,6-7,14,18-19H2,1-3H3,(H,30,34)(H,31,33)/t24-/m1/s1. The van der Waals surface area contributed by atoms with Crippen molar-refractivity contribution >= 4 is 33.2 Å². The number of hydrogen-bond donors (Lipinski definition) is 2. The average Bonchev–Trinajstić information content (AvgIpc) is 3.39. The van der Waals surface area contributed by atoms with E-state index in [9.17, 15) is 18.0 Å². The molecule has 0 aliphatic carbocycles. The molecule has 38 heavy (non-hydrogen) atoms. The zero-order valence-electron chi connectivity index (χ0n) is 21.9. The average molecular weight is 536 g/mol. The highest BCUT2D eigenvalue weighted by Crippen LogP contribution is 2.26. The first-order chi connectivity index (χ1) is 18.1. The van der Waals surface area contributed by atoms with E-state index < -0.39 is 22.5 Å². The van der Waals surface area contributed by atoms with Crippen molar-refractivity contribution in [3.63, 3.8) is 0 Å². The predicted molar refractivity (Wildman–Crippen MR) is 148 cm³/mol. The summed E-state index contributed by atoms with van der Waals surface area (Å²) in [5, 5.41) is 5.61. The molecular weight excluding hydrogens is 502 g/mol. The van der Waals surface area contributed by atoms with Gasteiger partial charge in [0.25, 0.3) is 15.9 Å². The lowest BCUT2D eigenvalue weighted by Gasteiger charge is -2.25. The summed E-state index contributed by atoms with van der Waals surface area (Å²) in [6.07, 6.45) is 1.84. The van der Waals surface area contributed by atoms with E-state index >= 15 is 0 Å². The van der Waals surface area contributed by atoms with Crippen molar-refractivity contribution in [2.24, 2.45) is 0 Å². The topological polar surface area (TPSA) is 105 Å². The van der Waals surface area contributed by atoms with Gasteiger partial charge in [-0.2, -0.15) is 0 Å². The summed E-state index contributed by atoms with van der Waals surface area (Å²) in [7, 11) is -4.06. The molecule has 200 valence electrons. The first-order valence-corrected chi connectivity index (χ1v) is 14.0. The third-order valence-electron chi connectivity index (χ3n) is 6.35. The van der Waals surface area contributed by atoms with Crippen molar-refractivity contribution in [1.29, 1.82) is 0 Å². The van der Waals surface area contributed by atoms with Gasteiger partial charge in [0, 0.05) is 13.2 Å². The Morgan fingerprint density at radius 1 is 0.947 bits per heavy atom. The molecule has 1 aliphatic rings. The molecule has 3 aromatic rings. The second-order valence-electron chi connectivity index (χ2n) is 9.61. The first kappa shape index (κ1) is 27.3. The van der Waals surface area contributed by atoms with Crippen LogP contribution in [0.3, 0.4) is 0 Å². The Morgan fingerprint density at radius 3 is 2.29 bits per heavy atom. The minimum absolute atomic E-state index is 0.0148. The maximum Gasteiger partial charge on any atom is 0.264 e. The van der Waals surface area contributed by atoms with Crippen molar-refractivity contribution in [3.8, 4) is 0 Å². The van der Waals surface area contributed by atoms with Gasteiger partial charge in [-0.15, -0.1) is 0 Å². The third kappa shape index (κ3) is 6.59. The maximum atomic E-state index is 13.7. The van der Waals surface area contributed by atoms with E-state index in [2.05, 4.69) is 10.6 Å². The number of para-hydroxylation sites is 1. The third-order valence-corrected chi connectivity index (χ3v) is 8.14. The normalized spacial score (nSPS) is 15.2. The highest BCUT2D eigenvalue weighted by atomic mass is 32.2. The van der Waals surface area contributed by atoms with Crippen LogP contribution < -0.4 is 14.9 Å². The molecule has 4 rings (SSSR count). The fourth-order valence-corrected chi connectivity index (χ4v) is 5.87. The maximum absolute atomic E-state index is 13.7. The van der Waals surface area contributed by atoms with E-state index in [1.165, 1.54) is 12.1 Å². The van der Waals surface area contributed by atoms with Crippen LogP contribution in [-0.4, -0.2) is 46.0 Å². The Hall–Kier alpha value is -3.69. The van der Waals surface area contributed by atoms with Crippen LogP contribution in [0.25, 0.3) is 0 Å². The molecule has 3 aromatic carbocycles. The second kappa shape index (κ2) is 11.8. The van der Waals surface area contributed by atoms with Gasteiger partial charge >= 0.3 is 0 Å². The lowest BCUT2D eigenvalue weighted by atomic mass is 10.1. The van der Waals surface area contributed by atoms with Gasteiger partial charge in [-0.1, -0.05) is 35.9 Å². The molecule has 2 amide bonds. The molecule has 1 saturated heterocycles. The van der Waals surface area contributed by atoms with Crippen LogP contribution >= 0.6 is 0 Å². The van der Waals surface area contributed by atoms with Crippen LogP contribution in [-0.2, 0) is 19.6 Å². The fraction of sp³-hybridized carbons (Fsp3) is 0.310. The number of carbonyl (C=O) groups is 2. The number of nitrogens with one attached hydrogen (secondary N) is 2. The molecule has 1 atom stereocenters. The Labute approximate surface area is 224 Å². The Balaban J connectivity index is 1.58. The number of carbonyl (C=O) groups excluding carboxylic acids is 2. The SMILES string of the molecule is Cc1ccc(S(=O)(=O)N(CC(=O)Nc2ccccc2C(=O)NC[C@H]2CCCO2)c2cc(C)cc(C)c2)cc1. The summed E-state index contributed by atoms with van der Waals surface area (Å²) in [5.74, 6) is -0.908. The number of ether oxygens (including phenoxy) is 1. The first-order valence-electron chi connectivity index (χ1n) is 12.6. The van der Waals surface area contributed by atoms with Gasteiger partial charge < -0.3 is 15.4 Å². The highest BCUT2D eigenvalue weighted by molar-refractivity contribution is 7.92. The van der Waals surface area contributed by atoms with Crippen molar-refractivity contribution in [2.75, 3.05) is 29.3 Å². The van der Waals surface area contributed by atoms with E-state index in [1.54, 1.807) is 48.5 Å². The number of hydrogen-bond acceptors (Lipinski definition) is 5. The summed E-state index contributed by atoms with van der Waals surface area (Å²) >= 11 is 0. The molecular formula is C29H33N3O5S. The van der Waals surface area contributed by atoms with Crippen LogP contribution in [0, 0.1) is 20.8 Å². The zero-order valence-corrected chi connectivity index (χ0v) is 22.7. The highest BCUT2D eigenvalue weighted by Gasteiger charge is 2.28. The molecule has 1 aliphatic heterocycles. The van der Waals surface area contributed by atoms with E-state index in [0.717, 1.165) is 33.8 Å². The summed E-state index contributed by atoms with van der Waals surface area (Å²) in [5.41, 5.74) is 3.65. The number of anilines is 2. The van der Waals surface area contributed by atoms with Crippen LogP contribution in [0.4, 0.5) is 11.4 Å². The summed E-state index contributed by atoms with van der Waals surface area (Å²) in [6.45, 7) is 6.23. The van der Waals surface area contributed by atoms with E-state index in [4.69, 9.17) is 4.74 Å². The van der Waals surface area contributed by atoms with Gasteiger partial charge in [0.05, 0.1) is 27.9 Å². The largest absolute Gasteiger partial charge is 0.376 e. The lowest BCUT2D eigenvalue weighted by molar-refractivity contribution is -0.114. The number of aryl methyl sites for hydroxylation is 3. The molecule has 0 radical (unpaired) electrons. The number of benzene rings is 3. The van der Waals surface area contributed by atoms with Crippen molar-refractivity contribution < 1.29 is 22.7 Å². The quantitative estimate of drug-likeness (QED) is 0.424. The molecule has 0 bridgehead atoms. The molecule has 8 nitrogen and oxygen atoms in total. The minimum atomic E-state index is -4.06. The fourth-order valence-electron chi connectivity index (χ4n) is 4.46.